The molecule has 2 heterocycles. The molecule has 1 aliphatic heterocycles. The van der Waals surface area contributed by atoms with Crippen LogP contribution in [0, 0.1) is 19.3 Å². The van der Waals surface area contributed by atoms with Crippen molar-refractivity contribution in [3.05, 3.63) is 41.6 Å². The highest BCUT2D eigenvalue weighted by atomic mass is 16.4. The van der Waals surface area contributed by atoms with Crippen LogP contribution in [0.5, 0.6) is 0 Å². The van der Waals surface area contributed by atoms with Gasteiger partial charge in [0.05, 0.1) is 11.1 Å². The molecule has 0 radical (unpaired) electrons. The highest BCUT2D eigenvalue weighted by molar-refractivity contribution is 5.89. The number of hydrogen-bond donors (Lipinski definition) is 2. The first kappa shape index (κ1) is 17.0. The van der Waals surface area contributed by atoms with Gasteiger partial charge in [0.2, 0.25) is 0 Å². The van der Waals surface area contributed by atoms with E-state index in [2.05, 4.69) is 10.4 Å². The normalized spacial score (nSPS) is 19.9. The van der Waals surface area contributed by atoms with Crippen LogP contribution in [0.2, 0.25) is 0 Å². The summed E-state index contributed by atoms with van der Waals surface area (Å²) in [7, 11) is 0. The van der Waals surface area contributed by atoms with E-state index in [0.717, 1.165) is 16.9 Å². The fourth-order valence-electron chi connectivity index (χ4n) is 2.98. The topological polar surface area (TPSA) is 87.5 Å². The fraction of sp³-hybridized carbons (Fsp3) is 0.389. The van der Waals surface area contributed by atoms with Crippen molar-refractivity contribution in [1.29, 1.82) is 0 Å². The second-order valence-corrected chi connectivity index (χ2v) is 6.89. The summed E-state index contributed by atoms with van der Waals surface area (Å²) in [5.74, 6) is -0.422. The second kappa shape index (κ2) is 6.23. The maximum absolute atomic E-state index is 12.4. The minimum atomic E-state index is -0.880. The molecule has 2 N–H and O–H groups in total. The predicted molar refractivity (Wildman–Crippen MR) is 94.0 cm³/mol. The van der Waals surface area contributed by atoms with E-state index < -0.39 is 11.4 Å². The lowest BCUT2D eigenvalue weighted by Gasteiger charge is -2.20. The Morgan fingerprint density at radius 1 is 1.24 bits per heavy atom. The van der Waals surface area contributed by atoms with Gasteiger partial charge in [-0.15, -0.1) is 5.10 Å². The number of aromatic nitrogens is 2. The molecule has 1 aromatic heterocycles. The van der Waals surface area contributed by atoms with Crippen molar-refractivity contribution in [2.24, 2.45) is 5.41 Å². The number of hydrogen-bond acceptors (Lipinski definition) is 3. The van der Waals surface area contributed by atoms with Crippen molar-refractivity contribution in [3.63, 3.8) is 0 Å². The Morgan fingerprint density at radius 3 is 2.52 bits per heavy atom. The number of nitrogens with zero attached hydrogens (tertiary/aromatic N) is 3. The zero-order valence-electron chi connectivity index (χ0n) is 14.6. The van der Waals surface area contributed by atoms with Crippen LogP contribution in [-0.4, -0.2) is 44.9 Å². The highest BCUT2D eigenvalue weighted by Crippen LogP contribution is 2.30. The summed E-state index contributed by atoms with van der Waals surface area (Å²) in [5.41, 5.74) is 2.10. The molecule has 0 aliphatic carbocycles. The van der Waals surface area contributed by atoms with E-state index in [0.29, 0.717) is 18.8 Å². The lowest BCUT2D eigenvalue weighted by atomic mass is 9.90. The minimum absolute atomic E-state index is 0.200. The number of carbonyl (C=O) groups excluding carboxylic acids is 1. The van der Waals surface area contributed by atoms with Gasteiger partial charge in [-0.25, -0.2) is 9.48 Å². The Labute approximate surface area is 146 Å². The number of rotatable bonds is 3. The second-order valence-electron chi connectivity index (χ2n) is 6.89. The van der Waals surface area contributed by atoms with Crippen LogP contribution in [0.3, 0.4) is 0 Å². The van der Waals surface area contributed by atoms with Crippen molar-refractivity contribution in [3.8, 4) is 5.69 Å². The van der Waals surface area contributed by atoms with Crippen molar-refractivity contribution in [1.82, 2.24) is 14.7 Å². The number of likely N-dealkylation sites (tertiary alicyclic amines) is 1. The predicted octanol–water partition coefficient (Wildman–Crippen LogP) is 2.82. The number of anilines is 1. The summed E-state index contributed by atoms with van der Waals surface area (Å²) < 4.78 is 1.76. The highest BCUT2D eigenvalue weighted by Gasteiger charge is 2.42. The molecule has 7 nitrogen and oxygen atoms in total. The van der Waals surface area contributed by atoms with E-state index in [1.54, 1.807) is 17.7 Å². The van der Waals surface area contributed by atoms with Gasteiger partial charge in [0.25, 0.3) is 0 Å². The van der Waals surface area contributed by atoms with Crippen LogP contribution in [0.25, 0.3) is 5.69 Å². The van der Waals surface area contributed by atoms with Gasteiger partial charge in [-0.1, -0.05) is 17.7 Å². The molecule has 1 aliphatic rings. The van der Waals surface area contributed by atoms with Gasteiger partial charge >= 0.3 is 12.0 Å². The number of benzene rings is 1. The Kier molecular flexibility index (Phi) is 4.24. The Bertz CT molecular complexity index is 812. The molecule has 0 bridgehead atoms. The third-order valence-corrected chi connectivity index (χ3v) is 4.68. The monoisotopic (exact) mass is 342 g/mol. The molecule has 1 unspecified atom stereocenters. The molecule has 7 heteroatoms. The molecule has 2 aromatic rings. The molecular formula is C18H22N4O3. The van der Waals surface area contributed by atoms with Crippen LogP contribution in [0.4, 0.5) is 10.6 Å². The quantitative estimate of drug-likeness (QED) is 0.898. The van der Waals surface area contributed by atoms with E-state index in [1.165, 1.54) is 4.90 Å². The molecule has 1 atom stereocenters. The zero-order chi connectivity index (χ0) is 18.2. The SMILES string of the molecule is Cc1ccc(-n2nc(NC(=O)N3CCC(C)(C(=O)O)C3)cc2C)cc1. The van der Waals surface area contributed by atoms with E-state index in [1.807, 2.05) is 38.1 Å². The average Bonchev–Trinajstić information content (AvgIpc) is 3.12. The number of aryl methyl sites for hydroxylation is 2. The molecule has 0 saturated carbocycles. The van der Waals surface area contributed by atoms with E-state index in [4.69, 9.17) is 0 Å². The van der Waals surface area contributed by atoms with Gasteiger partial charge in [-0.05, 0) is 39.3 Å². The third kappa shape index (κ3) is 3.35. The smallest absolute Gasteiger partial charge is 0.323 e. The molecule has 1 saturated heterocycles. The number of carboxylic acids is 1. The maximum Gasteiger partial charge on any atom is 0.323 e. The zero-order valence-corrected chi connectivity index (χ0v) is 14.6. The maximum atomic E-state index is 12.4. The lowest BCUT2D eigenvalue weighted by molar-refractivity contribution is -0.146. The standard InChI is InChI=1S/C18H22N4O3/c1-12-4-6-14(7-5-12)22-13(2)10-15(20-22)19-17(25)21-9-8-18(3,11-21)16(23)24/h4-7,10H,8-9,11H2,1-3H3,(H,23,24)(H,19,20,25). The Hall–Kier alpha value is -2.83. The molecule has 0 spiro atoms. The minimum Gasteiger partial charge on any atom is -0.481 e. The van der Waals surface area contributed by atoms with Gasteiger partial charge in [0.15, 0.2) is 5.82 Å². The molecule has 25 heavy (non-hydrogen) atoms. The first-order chi connectivity index (χ1) is 11.8. The summed E-state index contributed by atoms with van der Waals surface area (Å²) in [6, 6.07) is 9.43. The van der Waals surface area contributed by atoms with Crippen molar-refractivity contribution >= 4 is 17.8 Å². The Morgan fingerprint density at radius 2 is 1.92 bits per heavy atom. The lowest BCUT2D eigenvalue weighted by Crippen LogP contribution is -2.37. The van der Waals surface area contributed by atoms with Gasteiger partial charge in [-0.2, -0.15) is 0 Å². The van der Waals surface area contributed by atoms with E-state index in [-0.39, 0.29) is 12.6 Å². The van der Waals surface area contributed by atoms with Gasteiger partial charge < -0.3 is 10.0 Å². The molecule has 132 valence electrons. The summed E-state index contributed by atoms with van der Waals surface area (Å²) in [4.78, 5) is 25.2. The first-order valence-electron chi connectivity index (χ1n) is 8.21. The number of carbonyl (C=O) groups is 2. The third-order valence-electron chi connectivity index (χ3n) is 4.68. The van der Waals surface area contributed by atoms with Gasteiger partial charge in [-0.3, -0.25) is 10.1 Å². The average molecular weight is 342 g/mol. The van der Waals surface area contributed by atoms with Crippen LogP contribution in [0.1, 0.15) is 24.6 Å². The number of urea groups is 1. The summed E-state index contributed by atoms with van der Waals surface area (Å²) in [5, 5.41) is 16.5. The van der Waals surface area contributed by atoms with Crippen molar-refractivity contribution in [2.45, 2.75) is 27.2 Å². The fourth-order valence-corrected chi connectivity index (χ4v) is 2.98. The number of aliphatic carboxylic acids is 1. The van der Waals surface area contributed by atoms with Crippen LogP contribution < -0.4 is 5.32 Å². The largest absolute Gasteiger partial charge is 0.481 e. The molecule has 1 fully saturated rings. The first-order valence-corrected chi connectivity index (χ1v) is 8.21. The van der Waals surface area contributed by atoms with Gasteiger partial charge in [0.1, 0.15) is 0 Å². The van der Waals surface area contributed by atoms with Crippen LogP contribution in [0.15, 0.2) is 30.3 Å². The molecular weight excluding hydrogens is 320 g/mol. The van der Waals surface area contributed by atoms with Gasteiger partial charge in [0, 0.05) is 24.8 Å². The molecule has 2 amide bonds. The Balaban J connectivity index is 1.72. The van der Waals surface area contributed by atoms with E-state index >= 15 is 0 Å². The number of amides is 2. The number of nitrogens with one attached hydrogen (secondary N) is 1. The summed E-state index contributed by atoms with van der Waals surface area (Å²) in [6.07, 6.45) is 0.451. The van der Waals surface area contributed by atoms with Crippen LogP contribution >= 0.6 is 0 Å². The summed E-state index contributed by atoms with van der Waals surface area (Å²) >= 11 is 0. The number of carboxylic acid groups (broad SMARTS) is 1. The molecule has 1 aromatic carbocycles. The van der Waals surface area contributed by atoms with Crippen molar-refractivity contribution in [2.75, 3.05) is 18.4 Å². The van der Waals surface area contributed by atoms with E-state index in [9.17, 15) is 14.7 Å². The van der Waals surface area contributed by atoms with Crippen LogP contribution in [-0.2, 0) is 4.79 Å². The summed E-state index contributed by atoms with van der Waals surface area (Å²) in [6.45, 7) is 6.23. The van der Waals surface area contributed by atoms with Crippen molar-refractivity contribution < 1.29 is 14.7 Å². The molecule has 3 rings (SSSR count).